The normalized spacial score (nSPS) is 10.0. The Labute approximate surface area is 69.8 Å². The minimum Gasteiger partial charge on any atom is -0.472 e. The van der Waals surface area contributed by atoms with E-state index < -0.39 is 0 Å². The van der Waals surface area contributed by atoms with Crippen molar-refractivity contribution in [3.05, 3.63) is 37.1 Å². The highest BCUT2D eigenvalue weighted by Gasteiger charge is 2.01. The van der Waals surface area contributed by atoms with Crippen LogP contribution in [-0.4, -0.2) is 4.98 Å². The highest BCUT2D eigenvalue weighted by molar-refractivity contribution is 5.74. The average molecular weight is 160 g/mol. The maximum absolute atomic E-state index is 5.73. The van der Waals surface area contributed by atoms with Crippen molar-refractivity contribution in [2.24, 2.45) is 0 Å². The van der Waals surface area contributed by atoms with Crippen LogP contribution in [-0.2, 0) is 0 Å². The Morgan fingerprint density at radius 2 is 2.25 bits per heavy atom. The van der Waals surface area contributed by atoms with E-state index in [0.29, 0.717) is 5.69 Å². The lowest BCUT2D eigenvalue weighted by Gasteiger charge is -1.99. The number of hydrogen-bond donors (Lipinski definition) is 1. The van der Waals surface area contributed by atoms with Crippen LogP contribution in [0.1, 0.15) is 0 Å². The SMILES string of the molecule is Nc1ccncc1-c1ccoc1. The monoisotopic (exact) mass is 160 g/mol. The summed E-state index contributed by atoms with van der Waals surface area (Å²) >= 11 is 0. The van der Waals surface area contributed by atoms with Crippen LogP contribution in [0.25, 0.3) is 11.1 Å². The van der Waals surface area contributed by atoms with E-state index in [1.165, 1.54) is 0 Å². The highest BCUT2D eigenvalue weighted by Crippen LogP contribution is 2.24. The van der Waals surface area contributed by atoms with E-state index in [1.54, 1.807) is 31.0 Å². The Morgan fingerprint density at radius 1 is 1.33 bits per heavy atom. The van der Waals surface area contributed by atoms with Crippen molar-refractivity contribution in [3.8, 4) is 11.1 Å². The smallest absolute Gasteiger partial charge is 0.0982 e. The van der Waals surface area contributed by atoms with Gasteiger partial charge >= 0.3 is 0 Å². The molecule has 0 atom stereocenters. The van der Waals surface area contributed by atoms with E-state index in [9.17, 15) is 0 Å². The maximum atomic E-state index is 5.73. The molecule has 12 heavy (non-hydrogen) atoms. The van der Waals surface area contributed by atoms with E-state index in [2.05, 4.69) is 4.98 Å². The Bertz CT molecular complexity index is 368. The summed E-state index contributed by atoms with van der Waals surface area (Å²) in [5, 5.41) is 0. The van der Waals surface area contributed by atoms with Gasteiger partial charge in [0, 0.05) is 29.2 Å². The van der Waals surface area contributed by atoms with Crippen molar-refractivity contribution < 1.29 is 4.42 Å². The van der Waals surface area contributed by atoms with E-state index in [-0.39, 0.29) is 0 Å². The highest BCUT2D eigenvalue weighted by atomic mass is 16.3. The van der Waals surface area contributed by atoms with Gasteiger partial charge in [-0.25, -0.2) is 0 Å². The van der Waals surface area contributed by atoms with Gasteiger partial charge in [0.05, 0.1) is 12.5 Å². The lowest BCUT2D eigenvalue weighted by Crippen LogP contribution is -1.88. The number of nitrogen functional groups attached to an aromatic ring is 1. The quantitative estimate of drug-likeness (QED) is 0.693. The minimum absolute atomic E-state index is 0.714. The fourth-order valence-corrected chi connectivity index (χ4v) is 1.06. The molecule has 2 heterocycles. The molecule has 2 aromatic heterocycles. The van der Waals surface area contributed by atoms with Crippen LogP contribution in [0.3, 0.4) is 0 Å². The summed E-state index contributed by atoms with van der Waals surface area (Å²) in [5.41, 5.74) is 8.31. The van der Waals surface area contributed by atoms with Gasteiger partial charge in [0.15, 0.2) is 0 Å². The third-order valence-electron chi connectivity index (χ3n) is 1.69. The van der Waals surface area contributed by atoms with Crippen LogP contribution in [0, 0.1) is 0 Å². The summed E-state index contributed by atoms with van der Waals surface area (Å²) < 4.78 is 4.94. The topological polar surface area (TPSA) is 52.0 Å². The van der Waals surface area contributed by atoms with Crippen LogP contribution in [0.15, 0.2) is 41.5 Å². The molecule has 0 bridgehead atoms. The minimum atomic E-state index is 0.714. The van der Waals surface area contributed by atoms with Crippen molar-refractivity contribution >= 4 is 5.69 Å². The number of anilines is 1. The predicted molar refractivity (Wildman–Crippen MR) is 46.4 cm³/mol. The van der Waals surface area contributed by atoms with Crippen molar-refractivity contribution in [2.45, 2.75) is 0 Å². The molecule has 0 aromatic carbocycles. The zero-order chi connectivity index (χ0) is 8.39. The van der Waals surface area contributed by atoms with E-state index in [1.807, 2.05) is 6.07 Å². The number of pyridine rings is 1. The third kappa shape index (κ3) is 1.05. The zero-order valence-electron chi connectivity index (χ0n) is 6.40. The summed E-state index contributed by atoms with van der Waals surface area (Å²) in [6.07, 6.45) is 6.65. The molecular formula is C9H8N2O. The van der Waals surface area contributed by atoms with Crippen LogP contribution in [0.2, 0.25) is 0 Å². The van der Waals surface area contributed by atoms with Gasteiger partial charge in [-0.3, -0.25) is 4.98 Å². The molecule has 0 aliphatic heterocycles. The molecule has 2 rings (SSSR count). The lowest BCUT2D eigenvalue weighted by molar-refractivity contribution is 0.568. The number of aromatic nitrogens is 1. The molecule has 60 valence electrons. The predicted octanol–water partition coefficient (Wildman–Crippen LogP) is 1.92. The molecule has 0 amide bonds. The maximum Gasteiger partial charge on any atom is 0.0982 e. The van der Waals surface area contributed by atoms with Crippen molar-refractivity contribution in [3.63, 3.8) is 0 Å². The second kappa shape index (κ2) is 2.70. The Morgan fingerprint density at radius 3 is 2.92 bits per heavy atom. The summed E-state index contributed by atoms with van der Waals surface area (Å²) in [7, 11) is 0. The summed E-state index contributed by atoms with van der Waals surface area (Å²) in [5.74, 6) is 0. The van der Waals surface area contributed by atoms with Crippen molar-refractivity contribution in [1.29, 1.82) is 0 Å². The molecule has 2 aromatic rings. The summed E-state index contributed by atoms with van der Waals surface area (Å²) in [4.78, 5) is 3.98. The first-order chi connectivity index (χ1) is 5.88. The molecule has 0 unspecified atom stereocenters. The molecule has 2 N–H and O–H groups in total. The largest absolute Gasteiger partial charge is 0.472 e. The van der Waals surface area contributed by atoms with Crippen LogP contribution < -0.4 is 5.73 Å². The van der Waals surface area contributed by atoms with Gasteiger partial charge in [-0.1, -0.05) is 0 Å². The average Bonchev–Trinajstić information content (AvgIpc) is 2.57. The van der Waals surface area contributed by atoms with Gasteiger partial charge in [-0.2, -0.15) is 0 Å². The molecule has 0 saturated carbocycles. The fraction of sp³-hybridized carbons (Fsp3) is 0. The molecular weight excluding hydrogens is 152 g/mol. The lowest BCUT2D eigenvalue weighted by atomic mass is 10.1. The third-order valence-corrected chi connectivity index (χ3v) is 1.69. The fourth-order valence-electron chi connectivity index (χ4n) is 1.06. The number of furan rings is 1. The van der Waals surface area contributed by atoms with Gasteiger partial charge in [0.2, 0.25) is 0 Å². The van der Waals surface area contributed by atoms with Crippen LogP contribution >= 0.6 is 0 Å². The number of rotatable bonds is 1. The number of hydrogen-bond acceptors (Lipinski definition) is 3. The van der Waals surface area contributed by atoms with E-state index in [4.69, 9.17) is 10.2 Å². The van der Waals surface area contributed by atoms with Gasteiger partial charge in [-0.05, 0) is 12.1 Å². The molecule has 0 aliphatic rings. The standard InChI is InChI=1S/C9H8N2O/c10-9-1-3-11-5-8(9)7-2-4-12-6-7/h1-6H,(H2,10,11). The number of nitrogens with two attached hydrogens (primary N) is 1. The van der Waals surface area contributed by atoms with E-state index >= 15 is 0 Å². The first-order valence-electron chi connectivity index (χ1n) is 3.60. The first-order valence-corrected chi connectivity index (χ1v) is 3.60. The van der Waals surface area contributed by atoms with Gasteiger partial charge in [0.1, 0.15) is 0 Å². The number of nitrogens with zero attached hydrogens (tertiary/aromatic N) is 1. The molecule has 0 fully saturated rings. The van der Waals surface area contributed by atoms with Gasteiger partial charge in [-0.15, -0.1) is 0 Å². The van der Waals surface area contributed by atoms with Crippen LogP contribution in [0.5, 0.6) is 0 Å². The van der Waals surface area contributed by atoms with Crippen LogP contribution in [0.4, 0.5) is 5.69 Å². The molecule has 0 saturated heterocycles. The van der Waals surface area contributed by atoms with E-state index in [0.717, 1.165) is 11.1 Å². The Kier molecular flexibility index (Phi) is 1.55. The molecule has 0 spiro atoms. The summed E-state index contributed by atoms with van der Waals surface area (Å²) in [6, 6.07) is 3.62. The van der Waals surface area contributed by atoms with Crippen molar-refractivity contribution in [1.82, 2.24) is 4.98 Å². The molecule has 3 nitrogen and oxygen atoms in total. The van der Waals surface area contributed by atoms with Gasteiger partial charge in [0.25, 0.3) is 0 Å². The zero-order valence-corrected chi connectivity index (χ0v) is 6.40. The Hall–Kier alpha value is -1.77. The van der Waals surface area contributed by atoms with Gasteiger partial charge < -0.3 is 10.2 Å². The molecule has 0 radical (unpaired) electrons. The first kappa shape index (κ1) is 6.91. The second-order valence-corrected chi connectivity index (χ2v) is 2.47. The second-order valence-electron chi connectivity index (χ2n) is 2.47. The molecule has 0 aliphatic carbocycles. The Balaban J connectivity index is 2.55. The summed E-state index contributed by atoms with van der Waals surface area (Å²) in [6.45, 7) is 0. The van der Waals surface area contributed by atoms with Crippen molar-refractivity contribution in [2.75, 3.05) is 5.73 Å². The molecule has 3 heteroatoms.